The number of carbonyl (C=O) groups excluding carboxylic acids is 1. The van der Waals surface area contributed by atoms with Crippen LogP contribution >= 0.6 is 12.6 Å². The quantitative estimate of drug-likeness (QED) is 0.542. The molecule has 0 saturated carbocycles. The van der Waals surface area contributed by atoms with E-state index in [1.54, 1.807) is 13.8 Å². The molecule has 1 unspecified atom stereocenters. The Morgan fingerprint density at radius 1 is 1.31 bits per heavy atom. The van der Waals surface area contributed by atoms with Crippen molar-refractivity contribution in [3.63, 3.8) is 0 Å². The fraction of sp³-hybridized carbons (Fsp3) is 0.778. The van der Waals surface area contributed by atoms with E-state index < -0.39 is 16.1 Å². The van der Waals surface area contributed by atoms with E-state index >= 15 is 0 Å². The molecule has 0 heterocycles. The van der Waals surface area contributed by atoms with Gasteiger partial charge in [0.25, 0.3) is 0 Å². The molecule has 4 heteroatoms. The minimum atomic E-state index is -1.58. The molecule has 0 saturated heterocycles. The number of carbonyl (C=O) groups is 2. The molecule has 3 nitrogen and oxygen atoms in total. The lowest BCUT2D eigenvalue weighted by molar-refractivity contribution is -0.146. The van der Waals surface area contributed by atoms with Crippen LogP contribution in [0.3, 0.4) is 0 Å². The first-order valence-electron chi connectivity index (χ1n) is 4.17. The SMILES string of the molecule is CCC(C)(C)C(=O)C(C)(S)C(=O)O. The highest BCUT2D eigenvalue weighted by Gasteiger charge is 2.44. The summed E-state index contributed by atoms with van der Waals surface area (Å²) in [5.41, 5.74) is -0.630. The number of rotatable bonds is 4. The molecular weight excluding hydrogens is 188 g/mol. The zero-order chi connectivity index (χ0) is 10.9. The minimum Gasteiger partial charge on any atom is -0.480 e. The molecule has 0 aromatic carbocycles. The average Bonchev–Trinajstić information content (AvgIpc) is 2.02. The second kappa shape index (κ2) is 3.70. The largest absolute Gasteiger partial charge is 0.480 e. The Kier molecular flexibility index (Phi) is 3.55. The Bertz CT molecular complexity index is 231. The predicted octanol–water partition coefficient (Wildman–Crippen LogP) is 1.76. The summed E-state index contributed by atoms with van der Waals surface area (Å²) in [7, 11) is 0. The van der Waals surface area contributed by atoms with Gasteiger partial charge < -0.3 is 5.11 Å². The number of Topliss-reactive ketones (excluding diaryl/α,β-unsaturated/α-hetero) is 1. The van der Waals surface area contributed by atoms with Gasteiger partial charge in [-0.15, -0.1) is 0 Å². The summed E-state index contributed by atoms with van der Waals surface area (Å²) in [6, 6.07) is 0. The Balaban J connectivity index is 4.90. The van der Waals surface area contributed by atoms with E-state index in [1.807, 2.05) is 6.92 Å². The van der Waals surface area contributed by atoms with Gasteiger partial charge >= 0.3 is 5.97 Å². The highest BCUT2D eigenvalue weighted by atomic mass is 32.1. The van der Waals surface area contributed by atoms with Crippen molar-refractivity contribution in [1.29, 1.82) is 0 Å². The van der Waals surface area contributed by atoms with Gasteiger partial charge in [0.15, 0.2) is 10.5 Å². The normalized spacial score (nSPS) is 16.4. The molecule has 0 aliphatic heterocycles. The van der Waals surface area contributed by atoms with Crippen LogP contribution in [0.25, 0.3) is 0 Å². The first kappa shape index (κ1) is 12.5. The molecule has 0 aromatic rings. The van der Waals surface area contributed by atoms with Crippen molar-refractivity contribution >= 4 is 24.4 Å². The van der Waals surface area contributed by atoms with Crippen LogP contribution in [0.1, 0.15) is 34.1 Å². The molecular formula is C9H16O3S. The number of hydrogen-bond donors (Lipinski definition) is 2. The van der Waals surface area contributed by atoms with Gasteiger partial charge in [0.05, 0.1) is 0 Å². The van der Waals surface area contributed by atoms with E-state index in [0.717, 1.165) is 0 Å². The number of hydrogen-bond acceptors (Lipinski definition) is 3. The maximum absolute atomic E-state index is 11.7. The van der Waals surface area contributed by atoms with Crippen LogP contribution < -0.4 is 0 Å². The lowest BCUT2D eigenvalue weighted by atomic mass is 9.79. The highest BCUT2D eigenvalue weighted by molar-refractivity contribution is 7.83. The molecule has 0 aliphatic carbocycles. The van der Waals surface area contributed by atoms with Crippen molar-refractivity contribution in [1.82, 2.24) is 0 Å². The van der Waals surface area contributed by atoms with E-state index in [4.69, 9.17) is 5.11 Å². The third kappa shape index (κ3) is 2.46. The van der Waals surface area contributed by atoms with Gasteiger partial charge in [0.2, 0.25) is 0 Å². The number of carboxylic acids is 1. The van der Waals surface area contributed by atoms with Crippen LogP contribution in [0.2, 0.25) is 0 Å². The molecule has 0 rings (SSSR count). The first-order valence-corrected chi connectivity index (χ1v) is 4.61. The van der Waals surface area contributed by atoms with Gasteiger partial charge in [-0.3, -0.25) is 9.59 Å². The molecule has 1 N–H and O–H groups in total. The summed E-state index contributed by atoms with van der Waals surface area (Å²) in [5, 5.41) is 8.77. The lowest BCUT2D eigenvalue weighted by Gasteiger charge is -2.28. The Hall–Kier alpha value is -0.510. The van der Waals surface area contributed by atoms with Crippen molar-refractivity contribution in [2.75, 3.05) is 0 Å². The molecule has 0 aromatic heterocycles. The van der Waals surface area contributed by atoms with Gasteiger partial charge in [0.1, 0.15) is 0 Å². The summed E-state index contributed by atoms with van der Waals surface area (Å²) in [5.74, 6) is -1.54. The smallest absolute Gasteiger partial charge is 0.326 e. The third-order valence-corrected chi connectivity index (χ3v) is 2.75. The fourth-order valence-electron chi connectivity index (χ4n) is 0.917. The Morgan fingerprint density at radius 3 is 1.92 bits per heavy atom. The van der Waals surface area contributed by atoms with Gasteiger partial charge in [-0.1, -0.05) is 20.8 Å². The van der Waals surface area contributed by atoms with Gasteiger partial charge in [-0.25, -0.2) is 0 Å². The Labute approximate surface area is 83.9 Å². The maximum atomic E-state index is 11.7. The number of ketones is 1. The minimum absolute atomic E-state index is 0.349. The maximum Gasteiger partial charge on any atom is 0.326 e. The second-order valence-electron chi connectivity index (χ2n) is 3.94. The summed E-state index contributed by atoms with van der Waals surface area (Å²) in [6.45, 7) is 6.63. The van der Waals surface area contributed by atoms with Crippen molar-refractivity contribution in [3.05, 3.63) is 0 Å². The molecule has 0 radical (unpaired) electrons. The van der Waals surface area contributed by atoms with Crippen LogP contribution in [-0.4, -0.2) is 21.6 Å². The van der Waals surface area contributed by atoms with E-state index in [-0.39, 0.29) is 5.78 Å². The molecule has 0 bridgehead atoms. The first-order chi connectivity index (χ1) is 5.66. The van der Waals surface area contributed by atoms with Gasteiger partial charge in [-0.2, -0.15) is 12.6 Å². The van der Waals surface area contributed by atoms with Crippen molar-refractivity contribution in [2.45, 2.75) is 38.9 Å². The molecule has 0 aliphatic rings. The average molecular weight is 204 g/mol. The second-order valence-corrected chi connectivity index (χ2v) is 4.84. The molecule has 0 fully saturated rings. The standard InChI is InChI=1S/C9H16O3S/c1-5-8(2,3)6(10)9(4,13)7(11)12/h13H,5H2,1-4H3,(H,11,12). The number of aliphatic carboxylic acids is 1. The molecule has 13 heavy (non-hydrogen) atoms. The lowest BCUT2D eigenvalue weighted by Crippen LogP contribution is -2.45. The molecule has 1 atom stereocenters. The number of carboxylic acid groups (broad SMARTS) is 1. The van der Waals surface area contributed by atoms with Gasteiger partial charge in [-0.05, 0) is 13.3 Å². The Morgan fingerprint density at radius 2 is 1.69 bits per heavy atom. The fourth-order valence-corrected chi connectivity index (χ4v) is 1.22. The van der Waals surface area contributed by atoms with Crippen LogP contribution in [0.15, 0.2) is 0 Å². The van der Waals surface area contributed by atoms with Crippen molar-refractivity contribution in [3.8, 4) is 0 Å². The summed E-state index contributed by atoms with van der Waals surface area (Å²) >= 11 is 3.87. The van der Waals surface area contributed by atoms with E-state index in [2.05, 4.69) is 12.6 Å². The van der Waals surface area contributed by atoms with Crippen molar-refractivity contribution < 1.29 is 14.7 Å². The van der Waals surface area contributed by atoms with Crippen LogP contribution in [-0.2, 0) is 9.59 Å². The van der Waals surface area contributed by atoms with Gasteiger partial charge in [0, 0.05) is 5.41 Å². The van der Waals surface area contributed by atoms with E-state index in [0.29, 0.717) is 6.42 Å². The summed E-state index contributed by atoms with van der Waals surface area (Å²) in [4.78, 5) is 22.4. The zero-order valence-corrected chi connectivity index (χ0v) is 9.31. The molecule has 0 amide bonds. The summed E-state index contributed by atoms with van der Waals surface area (Å²) in [6.07, 6.45) is 0.606. The monoisotopic (exact) mass is 204 g/mol. The van der Waals surface area contributed by atoms with E-state index in [9.17, 15) is 9.59 Å². The molecule has 76 valence electrons. The third-order valence-electron chi connectivity index (χ3n) is 2.36. The zero-order valence-electron chi connectivity index (χ0n) is 8.42. The topological polar surface area (TPSA) is 54.4 Å². The van der Waals surface area contributed by atoms with E-state index in [1.165, 1.54) is 6.92 Å². The highest BCUT2D eigenvalue weighted by Crippen LogP contribution is 2.30. The number of thiol groups is 1. The van der Waals surface area contributed by atoms with Crippen LogP contribution in [0.4, 0.5) is 0 Å². The summed E-state index contributed by atoms with van der Waals surface area (Å²) < 4.78 is -1.58. The molecule has 0 spiro atoms. The van der Waals surface area contributed by atoms with Crippen molar-refractivity contribution in [2.24, 2.45) is 5.41 Å². The van der Waals surface area contributed by atoms with Crippen LogP contribution in [0, 0.1) is 5.41 Å². The predicted molar refractivity (Wildman–Crippen MR) is 54.1 cm³/mol. The van der Waals surface area contributed by atoms with Crippen LogP contribution in [0.5, 0.6) is 0 Å².